The zero-order chi connectivity index (χ0) is 32.7. The molecule has 0 unspecified atom stereocenters. The maximum absolute atomic E-state index is 5.20. The van der Waals surface area contributed by atoms with Crippen LogP contribution in [0.25, 0.3) is 88.0 Å². The molecule has 0 fully saturated rings. The lowest BCUT2D eigenvalue weighted by atomic mass is 9.81. The zero-order valence-corrected chi connectivity index (χ0v) is 27.4. The van der Waals surface area contributed by atoms with E-state index in [1.165, 1.54) is 76.8 Å². The lowest BCUT2D eigenvalue weighted by Gasteiger charge is -2.22. The standard InChI is InChI=1S/C47H32N2/c1-47(2)40-19-8-7-15-34(40)38-27-31(23-25-41(38)47)45-35-16-5-6-17-36(35)46(44-28-48-42-20-9-10-21-43(42)49-44)37-24-22-30(26-39(37)45)33-18-11-13-29-12-3-4-14-32(29)33/h3-28H,1-2H3. The first kappa shape index (κ1) is 27.9. The molecule has 2 nitrogen and oxygen atoms in total. The Hall–Kier alpha value is -6.12. The first-order valence-corrected chi connectivity index (χ1v) is 17.0. The second-order valence-electron chi connectivity index (χ2n) is 13.8. The van der Waals surface area contributed by atoms with Crippen LogP contribution >= 0.6 is 0 Å². The van der Waals surface area contributed by atoms with Gasteiger partial charge in [-0.1, -0.05) is 141 Å². The van der Waals surface area contributed by atoms with E-state index in [-0.39, 0.29) is 5.41 Å². The number of nitrogens with zero attached hydrogens (tertiary/aromatic N) is 2. The van der Waals surface area contributed by atoms with Gasteiger partial charge in [0.15, 0.2) is 0 Å². The highest BCUT2D eigenvalue weighted by Crippen LogP contribution is 2.51. The van der Waals surface area contributed by atoms with E-state index in [9.17, 15) is 0 Å². The molecule has 0 N–H and O–H groups in total. The zero-order valence-electron chi connectivity index (χ0n) is 27.4. The lowest BCUT2D eigenvalue weighted by molar-refractivity contribution is 0.660. The number of hydrogen-bond donors (Lipinski definition) is 0. The Morgan fingerprint density at radius 1 is 0.429 bits per heavy atom. The summed E-state index contributed by atoms with van der Waals surface area (Å²) in [5.74, 6) is 0. The molecule has 1 heterocycles. The van der Waals surface area contributed by atoms with Crippen molar-refractivity contribution in [1.29, 1.82) is 0 Å². The van der Waals surface area contributed by atoms with E-state index in [0.717, 1.165) is 22.3 Å². The second kappa shape index (κ2) is 10.4. The van der Waals surface area contributed by atoms with Crippen LogP contribution in [0.15, 0.2) is 158 Å². The molecule has 0 spiro atoms. The van der Waals surface area contributed by atoms with Crippen LogP contribution in [0.2, 0.25) is 0 Å². The molecule has 1 aliphatic carbocycles. The topological polar surface area (TPSA) is 25.8 Å². The molecule has 0 amide bonds. The average Bonchev–Trinajstić information content (AvgIpc) is 3.38. The van der Waals surface area contributed by atoms with Crippen molar-refractivity contribution in [2.75, 3.05) is 0 Å². The Morgan fingerprint density at radius 2 is 1.06 bits per heavy atom. The van der Waals surface area contributed by atoms with Crippen molar-refractivity contribution >= 4 is 43.4 Å². The van der Waals surface area contributed by atoms with Crippen molar-refractivity contribution in [2.24, 2.45) is 0 Å². The normalized spacial score (nSPS) is 13.3. The molecule has 230 valence electrons. The van der Waals surface area contributed by atoms with E-state index in [1.807, 2.05) is 30.5 Å². The molecule has 0 atom stereocenters. The highest BCUT2D eigenvalue weighted by Gasteiger charge is 2.35. The smallest absolute Gasteiger partial charge is 0.0905 e. The van der Waals surface area contributed by atoms with Gasteiger partial charge in [0.25, 0.3) is 0 Å². The van der Waals surface area contributed by atoms with Gasteiger partial charge in [-0.3, -0.25) is 4.98 Å². The maximum Gasteiger partial charge on any atom is 0.0905 e. The van der Waals surface area contributed by atoms with Crippen molar-refractivity contribution in [2.45, 2.75) is 19.3 Å². The summed E-state index contributed by atoms with van der Waals surface area (Å²) in [6, 6.07) is 55.2. The third-order valence-electron chi connectivity index (χ3n) is 10.7. The predicted octanol–water partition coefficient (Wildman–Crippen LogP) is 12.4. The Bertz CT molecular complexity index is 2800. The second-order valence-corrected chi connectivity index (χ2v) is 13.8. The van der Waals surface area contributed by atoms with Crippen molar-refractivity contribution in [3.63, 3.8) is 0 Å². The molecule has 0 bridgehead atoms. The molecule has 8 aromatic carbocycles. The number of fused-ring (bicyclic) bond motifs is 7. The third-order valence-corrected chi connectivity index (χ3v) is 10.7. The molecule has 0 radical (unpaired) electrons. The summed E-state index contributed by atoms with van der Waals surface area (Å²) < 4.78 is 0. The van der Waals surface area contributed by atoms with Gasteiger partial charge in [0, 0.05) is 11.0 Å². The number of benzene rings is 8. The molecule has 0 saturated heterocycles. The van der Waals surface area contributed by atoms with E-state index < -0.39 is 0 Å². The van der Waals surface area contributed by atoms with Gasteiger partial charge >= 0.3 is 0 Å². The van der Waals surface area contributed by atoms with E-state index >= 15 is 0 Å². The number of para-hydroxylation sites is 2. The van der Waals surface area contributed by atoms with E-state index in [1.54, 1.807) is 0 Å². The molecule has 10 rings (SSSR count). The summed E-state index contributed by atoms with van der Waals surface area (Å²) in [6.45, 7) is 4.69. The molecule has 49 heavy (non-hydrogen) atoms. The van der Waals surface area contributed by atoms with Gasteiger partial charge in [0.1, 0.15) is 0 Å². The molecular weight excluding hydrogens is 593 g/mol. The average molecular weight is 625 g/mol. The fraction of sp³-hybridized carbons (Fsp3) is 0.0638. The minimum Gasteiger partial charge on any atom is -0.252 e. The van der Waals surface area contributed by atoms with Crippen LogP contribution in [-0.2, 0) is 5.41 Å². The van der Waals surface area contributed by atoms with Crippen LogP contribution in [0.3, 0.4) is 0 Å². The predicted molar refractivity (Wildman–Crippen MR) is 206 cm³/mol. The molecule has 1 aromatic heterocycles. The third kappa shape index (κ3) is 4.14. The minimum absolute atomic E-state index is 0.0469. The summed E-state index contributed by atoms with van der Waals surface area (Å²) in [4.78, 5) is 10.1. The summed E-state index contributed by atoms with van der Waals surface area (Å²) in [7, 11) is 0. The first-order valence-electron chi connectivity index (χ1n) is 17.0. The van der Waals surface area contributed by atoms with Crippen molar-refractivity contribution in [3.05, 3.63) is 169 Å². The number of hydrogen-bond acceptors (Lipinski definition) is 2. The molecule has 0 saturated carbocycles. The van der Waals surface area contributed by atoms with Crippen LogP contribution < -0.4 is 0 Å². The van der Waals surface area contributed by atoms with Gasteiger partial charge in [0.05, 0.1) is 22.9 Å². The molecule has 9 aromatic rings. The number of aromatic nitrogens is 2. The summed E-state index contributed by atoms with van der Waals surface area (Å²) >= 11 is 0. The van der Waals surface area contributed by atoms with Crippen LogP contribution in [0.1, 0.15) is 25.0 Å². The fourth-order valence-corrected chi connectivity index (χ4v) is 8.36. The van der Waals surface area contributed by atoms with Crippen LogP contribution in [0.4, 0.5) is 0 Å². The molecule has 0 aliphatic heterocycles. The SMILES string of the molecule is CC1(C)c2ccccc2-c2cc(-c3c4ccccc4c(-c4cnc5ccccc5n4)c4ccc(-c5cccc6ccccc56)cc34)ccc21. The highest BCUT2D eigenvalue weighted by molar-refractivity contribution is 6.22. The summed E-state index contributed by atoms with van der Waals surface area (Å²) in [5, 5.41) is 7.26. The Balaban J connectivity index is 1.32. The van der Waals surface area contributed by atoms with Crippen molar-refractivity contribution < 1.29 is 0 Å². The Kier molecular flexibility index (Phi) is 5.95. The monoisotopic (exact) mass is 624 g/mol. The van der Waals surface area contributed by atoms with Crippen molar-refractivity contribution in [3.8, 4) is 44.6 Å². The van der Waals surface area contributed by atoms with Gasteiger partial charge in [-0.15, -0.1) is 0 Å². The van der Waals surface area contributed by atoms with Crippen LogP contribution in [0, 0.1) is 0 Å². The molecule has 1 aliphatic rings. The lowest BCUT2D eigenvalue weighted by Crippen LogP contribution is -2.14. The minimum atomic E-state index is -0.0469. The molecule has 2 heteroatoms. The Labute approximate surface area is 285 Å². The van der Waals surface area contributed by atoms with Gasteiger partial charge < -0.3 is 0 Å². The van der Waals surface area contributed by atoms with Crippen LogP contribution in [-0.4, -0.2) is 9.97 Å². The van der Waals surface area contributed by atoms with Gasteiger partial charge in [0.2, 0.25) is 0 Å². The quantitative estimate of drug-likeness (QED) is 0.183. The number of rotatable bonds is 3. The van der Waals surface area contributed by atoms with Crippen molar-refractivity contribution in [1.82, 2.24) is 9.97 Å². The fourth-order valence-electron chi connectivity index (χ4n) is 8.36. The van der Waals surface area contributed by atoms with E-state index in [4.69, 9.17) is 9.97 Å². The summed E-state index contributed by atoms with van der Waals surface area (Å²) in [6.07, 6.45) is 1.94. The maximum atomic E-state index is 5.20. The Morgan fingerprint density at radius 3 is 1.94 bits per heavy atom. The van der Waals surface area contributed by atoms with E-state index in [2.05, 4.69) is 141 Å². The highest BCUT2D eigenvalue weighted by atomic mass is 14.8. The molecular formula is C47H32N2. The summed E-state index contributed by atoms with van der Waals surface area (Å²) in [5.41, 5.74) is 14.1. The largest absolute Gasteiger partial charge is 0.252 e. The first-order chi connectivity index (χ1) is 24.1. The van der Waals surface area contributed by atoms with Crippen LogP contribution in [0.5, 0.6) is 0 Å². The van der Waals surface area contributed by atoms with Gasteiger partial charge in [-0.25, -0.2) is 4.98 Å². The van der Waals surface area contributed by atoms with Gasteiger partial charge in [-0.05, 0) is 101 Å². The van der Waals surface area contributed by atoms with Gasteiger partial charge in [-0.2, -0.15) is 0 Å². The van der Waals surface area contributed by atoms with E-state index in [0.29, 0.717) is 0 Å².